The van der Waals surface area contributed by atoms with Gasteiger partial charge in [-0.1, -0.05) is 0 Å². The molecule has 0 aliphatic carbocycles. The van der Waals surface area contributed by atoms with E-state index in [4.69, 9.17) is 20.3 Å². The Bertz CT molecular complexity index is 484. The van der Waals surface area contributed by atoms with Crippen molar-refractivity contribution >= 4 is 17.5 Å². The number of aromatic nitrogens is 2. The van der Waals surface area contributed by atoms with Crippen molar-refractivity contribution in [2.45, 2.75) is 25.2 Å². The molecular weight excluding hydrogens is 250 g/mol. The molecule has 0 amide bonds. The number of rotatable bonds is 3. The Balaban J connectivity index is 1.88. The van der Waals surface area contributed by atoms with Gasteiger partial charge in [-0.3, -0.25) is 0 Å². The van der Waals surface area contributed by atoms with Crippen LogP contribution in [0.4, 0.5) is 17.5 Å². The number of aliphatic hydroxyl groups is 1. The highest BCUT2D eigenvalue weighted by molar-refractivity contribution is 5.76. The average Bonchev–Trinajstić information content (AvgIpc) is 3.03. The number of hydrogen-bond donors (Lipinski definition) is 3. The molecular formula is C11H17N5O3. The minimum Gasteiger partial charge on any atom is -0.479 e. The van der Waals surface area contributed by atoms with Crippen LogP contribution in [-0.4, -0.2) is 47.8 Å². The van der Waals surface area contributed by atoms with E-state index in [1.54, 1.807) is 7.11 Å². The lowest BCUT2D eigenvalue weighted by Crippen LogP contribution is -2.36. The summed E-state index contributed by atoms with van der Waals surface area (Å²) in [6.45, 7) is 0.604. The Kier molecular flexibility index (Phi) is 3.03. The van der Waals surface area contributed by atoms with Gasteiger partial charge in [0.05, 0.1) is 26.5 Å². The lowest BCUT2D eigenvalue weighted by atomic mass is 10.2. The molecule has 3 heterocycles. The number of nitrogens with zero attached hydrogens (tertiary/aromatic N) is 3. The van der Waals surface area contributed by atoms with Crippen LogP contribution in [0.2, 0.25) is 0 Å². The van der Waals surface area contributed by atoms with Gasteiger partial charge in [-0.05, 0) is 12.8 Å². The summed E-state index contributed by atoms with van der Waals surface area (Å²) in [5.41, 5.74) is 6.41. The van der Waals surface area contributed by atoms with Gasteiger partial charge in [0.25, 0.3) is 0 Å². The van der Waals surface area contributed by atoms with Crippen LogP contribution in [0.15, 0.2) is 0 Å². The maximum absolute atomic E-state index is 9.12. The fraction of sp³-hybridized carbons (Fsp3) is 0.636. The van der Waals surface area contributed by atoms with Crippen LogP contribution in [0.1, 0.15) is 12.8 Å². The number of aliphatic hydroxyl groups excluding tert-OH is 1. The topological polar surface area (TPSA) is 106 Å². The zero-order chi connectivity index (χ0) is 13.4. The number of ether oxygens (including phenoxy) is 2. The van der Waals surface area contributed by atoms with E-state index < -0.39 is 0 Å². The molecule has 0 bridgehead atoms. The predicted molar refractivity (Wildman–Crippen MR) is 68.9 cm³/mol. The zero-order valence-corrected chi connectivity index (χ0v) is 10.7. The van der Waals surface area contributed by atoms with E-state index in [-0.39, 0.29) is 24.9 Å². The number of anilines is 3. The molecule has 3 rings (SSSR count). The Morgan fingerprint density at radius 1 is 1.53 bits per heavy atom. The average molecular weight is 267 g/mol. The third-order valence-corrected chi connectivity index (χ3v) is 3.40. The SMILES string of the molecule is COc1nc(N)nc2c1NCN2C1CCC(CO)O1. The first kappa shape index (κ1) is 12.2. The maximum atomic E-state index is 9.12. The van der Waals surface area contributed by atoms with E-state index in [0.717, 1.165) is 18.5 Å². The third-order valence-electron chi connectivity index (χ3n) is 3.40. The molecule has 0 radical (unpaired) electrons. The Hall–Kier alpha value is -1.80. The van der Waals surface area contributed by atoms with Gasteiger partial charge in [0.2, 0.25) is 11.8 Å². The lowest BCUT2D eigenvalue weighted by Gasteiger charge is -2.24. The van der Waals surface area contributed by atoms with E-state index in [9.17, 15) is 0 Å². The summed E-state index contributed by atoms with van der Waals surface area (Å²) in [5.74, 6) is 1.29. The van der Waals surface area contributed by atoms with Gasteiger partial charge in [0.1, 0.15) is 11.9 Å². The Morgan fingerprint density at radius 2 is 2.37 bits per heavy atom. The van der Waals surface area contributed by atoms with E-state index in [1.165, 1.54) is 0 Å². The first-order chi connectivity index (χ1) is 9.22. The van der Waals surface area contributed by atoms with Crippen LogP contribution in [0, 0.1) is 0 Å². The first-order valence-corrected chi connectivity index (χ1v) is 6.21. The largest absolute Gasteiger partial charge is 0.479 e. The number of hydrogen-bond acceptors (Lipinski definition) is 8. The summed E-state index contributed by atoms with van der Waals surface area (Å²) in [6.07, 6.45) is 1.48. The highest BCUT2D eigenvalue weighted by Gasteiger charge is 2.36. The number of nitrogens with two attached hydrogens (primary N) is 1. The van der Waals surface area contributed by atoms with Gasteiger partial charge in [-0.15, -0.1) is 0 Å². The molecule has 2 atom stereocenters. The van der Waals surface area contributed by atoms with Crippen molar-refractivity contribution in [3.8, 4) is 5.88 Å². The first-order valence-electron chi connectivity index (χ1n) is 6.21. The summed E-state index contributed by atoms with van der Waals surface area (Å²) in [4.78, 5) is 10.3. The van der Waals surface area contributed by atoms with E-state index in [2.05, 4.69) is 15.3 Å². The number of fused-ring (bicyclic) bond motifs is 1. The normalized spacial score (nSPS) is 25.3. The minimum atomic E-state index is -0.107. The van der Waals surface area contributed by atoms with Crippen LogP contribution >= 0.6 is 0 Å². The second-order valence-electron chi connectivity index (χ2n) is 4.57. The van der Waals surface area contributed by atoms with Crippen molar-refractivity contribution in [3.05, 3.63) is 0 Å². The Labute approximate surface area is 110 Å². The van der Waals surface area contributed by atoms with Crippen LogP contribution in [-0.2, 0) is 4.74 Å². The fourth-order valence-corrected chi connectivity index (χ4v) is 2.48. The summed E-state index contributed by atoms with van der Waals surface area (Å²) in [6, 6.07) is 0. The molecule has 104 valence electrons. The lowest BCUT2D eigenvalue weighted by molar-refractivity contribution is 0.0115. The molecule has 0 saturated carbocycles. The molecule has 2 aliphatic heterocycles. The second-order valence-corrected chi connectivity index (χ2v) is 4.57. The number of nitrogen functional groups attached to an aromatic ring is 1. The number of nitrogens with one attached hydrogen (secondary N) is 1. The Morgan fingerprint density at radius 3 is 3.05 bits per heavy atom. The molecule has 19 heavy (non-hydrogen) atoms. The summed E-state index contributed by atoms with van der Waals surface area (Å²) in [5, 5.41) is 12.3. The van der Waals surface area contributed by atoms with Crippen LogP contribution in [0.25, 0.3) is 0 Å². The highest BCUT2D eigenvalue weighted by atomic mass is 16.5. The zero-order valence-electron chi connectivity index (χ0n) is 10.7. The molecule has 4 N–H and O–H groups in total. The monoisotopic (exact) mass is 267 g/mol. The summed E-state index contributed by atoms with van der Waals surface area (Å²) < 4.78 is 10.9. The van der Waals surface area contributed by atoms with Gasteiger partial charge < -0.3 is 30.5 Å². The van der Waals surface area contributed by atoms with Crippen molar-refractivity contribution in [1.29, 1.82) is 0 Å². The molecule has 1 aromatic heterocycles. The molecule has 0 spiro atoms. The summed E-state index contributed by atoms with van der Waals surface area (Å²) in [7, 11) is 1.54. The molecule has 8 heteroatoms. The molecule has 8 nitrogen and oxygen atoms in total. The maximum Gasteiger partial charge on any atom is 0.244 e. The van der Waals surface area contributed by atoms with E-state index in [0.29, 0.717) is 18.4 Å². The quantitative estimate of drug-likeness (QED) is 0.688. The van der Waals surface area contributed by atoms with Gasteiger partial charge in [0.15, 0.2) is 5.82 Å². The smallest absolute Gasteiger partial charge is 0.244 e. The molecule has 1 fully saturated rings. The fourth-order valence-electron chi connectivity index (χ4n) is 2.48. The van der Waals surface area contributed by atoms with Crippen molar-refractivity contribution in [1.82, 2.24) is 9.97 Å². The molecule has 2 aliphatic rings. The van der Waals surface area contributed by atoms with Crippen LogP contribution in [0.3, 0.4) is 0 Å². The standard InChI is InChI=1S/C11H17N5O3/c1-18-10-8-9(14-11(12)15-10)16(5-13-8)7-3-2-6(4-17)19-7/h6-7,13,17H,2-5H2,1H3,(H2,12,14,15). The van der Waals surface area contributed by atoms with Crippen LogP contribution < -0.4 is 20.7 Å². The van der Waals surface area contributed by atoms with Crippen molar-refractivity contribution in [2.24, 2.45) is 0 Å². The van der Waals surface area contributed by atoms with Gasteiger partial charge in [0, 0.05) is 0 Å². The summed E-state index contributed by atoms with van der Waals surface area (Å²) >= 11 is 0. The predicted octanol–water partition coefficient (Wildman–Crippen LogP) is -0.246. The van der Waals surface area contributed by atoms with Crippen molar-refractivity contribution < 1.29 is 14.6 Å². The van der Waals surface area contributed by atoms with Gasteiger partial charge >= 0.3 is 0 Å². The highest BCUT2D eigenvalue weighted by Crippen LogP contribution is 2.39. The molecule has 2 unspecified atom stereocenters. The molecule has 1 aromatic rings. The minimum absolute atomic E-state index is 0.0415. The van der Waals surface area contributed by atoms with E-state index in [1.807, 2.05) is 4.90 Å². The molecule has 0 aromatic carbocycles. The van der Waals surface area contributed by atoms with Crippen molar-refractivity contribution in [2.75, 3.05) is 36.3 Å². The number of methoxy groups -OCH3 is 1. The van der Waals surface area contributed by atoms with Crippen LogP contribution in [0.5, 0.6) is 5.88 Å². The van der Waals surface area contributed by atoms with Gasteiger partial charge in [-0.2, -0.15) is 9.97 Å². The molecule has 1 saturated heterocycles. The van der Waals surface area contributed by atoms with Gasteiger partial charge in [-0.25, -0.2) is 0 Å². The van der Waals surface area contributed by atoms with E-state index >= 15 is 0 Å². The van der Waals surface area contributed by atoms with Crippen molar-refractivity contribution in [3.63, 3.8) is 0 Å². The second kappa shape index (κ2) is 4.71. The third kappa shape index (κ3) is 2.02.